The zero-order chi connectivity index (χ0) is 15.6. The van der Waals surface area contributed by atoms with Crippen LogP contribution in [0, 0.1) is 0 Å². The lowest BCUT2D eigenvalue weighted by Crippen LogP contribution is -2.16. The molecule has 0 saturated carbocycles. The highest BCUT2D eigenvalue weighted by atomic mass is 16.5. The molecular formula is C18H38O3. The Hall–Kier alpha value is -0.120. The van der Waals surface area contributed by atoms with Gasteiger partial charge in [0.05, 0.1) is 32.5 Å². The first kappa shape index (κ1) is 20.9. The molecule has 0 aromatic rings. The van der Waals surface area contributed by atoms with Crippen LogP contribution in [0.2, 0.25) is 0 Å². The Morgan fingerprint density at radius 1 is 0.619 bits per heavy atom. The van der Waals surface area contributed by atoms with Crippen molar-refractivity contribution < 1.29 is 14.2 Å². The molecule has 0 spiro atoms. The molecule has 0 saturated heterocycles. The minimum atomic E-state index is 0.412. The molecule has 0 rings (SSSR count). The molecule has 128 valence electrons. The van der Waals surface area contributed by atoms with E-state index in [0.29, 0.717) is 32.5 Å². The second-order valence-electron chi connectivity index (χ2n) is 5.68. The maximum absolute atomic E-state index is 5.84. The predicted molar refractivity (Wildman–Crippen MR) is 90.0 cm³/mol. The Morgan fingerprint density at radius 2 is 1.24 bits per heavy atom. The predicted octanol–water partition coefficient (Wildman–Crippen LogP) is 4.98. The molecule has 0 heterocycles. The van der Waals surface area contributed by atoms with Crippen molar-refractivity contribution in [3.05, 3.63) is 0 Å². The summed E-state index contributed by atoms with van der Waals surface area (Å²) in [6.07, 6.45) is 11.6. The third-order valence-corrected chi connectivity index (χ3v) is 3.68. The van der Waals surface area contributed by atoms with Crippen molar-refractivity contribution in [1.82, 2.24) is 0 Å². The van der Waals surface area contributed by atoms with E-state index in [-0.39, 0.29) is 0 Å². The van der Waals surface area contributed by atoms with Gasteiger partial charge in [-0.2, -0.15) is 0 Å². The van der Waals surface area contributed by atoms with E-state index in [1.807, 2.05) is 0 Å². The topological polar surface area (TPSA) is 27.7 Å². The van der Waals surface area contributed by atoms with Crippen molar-refractivity contribution >= 4 is 0 Å². The number of hydrogen-bond acceptors (Lipinski definition) is 3. The quantitative estimate of drug-likeness (QED) is 0.355. The van der Waals surface area contributed by atoms with Crippen LogP contribution >= 0.6 is 0 Å². The Balaban J connectivity index is 3.19. The zero-order valence-corrected chi connectivity index (χ0v) is 14.7. The van der Waals surface area contributed by atoms with Gasteiger partial charge in [-0.1, -0.05) is 59.3 Å². The molecule has 1 unspecified atom stereocenters. The first-order valence-corrected chi connectivity index (χ1v) is 9.12. The molecular weight excluding hydrogens is 264 g/mol. The zero-order valence-electron chi connectivity index (χ0n) is 14.7. The average Bonchev–Trinajstić information content (AvgIpc) is 2.51. The summed E-state index contributed by atoms with van der Waals surface area (Å²) >= 11 is 0. The molecule has 0 bridgehead atoms. The third-order valence-electron chi connectivity index (χ3n) is 3.68. The molecule has 0 aromatic carbocycles. The first-order valence-electron chi connectivity index (χ1n) is 9.12. The lowest BCUT2D eigenvalue weighted by Gasteiger charge is -2.16. The molecule has 0 aromatic heterocycles. The smallest absolute Gasteiger partial charge is 0.0704 e. The Labute approximate surface area is 132 Å². The van der Waals surface area contributed by atoms with Gasteiger partial charge >= 0.3 is 0 Å². The number of hydrogen-bond donors (Lipinski definition) is 0. The lowest BCUT2D eigenvalue weighted by atomic mass is 10.1. The fourth-order valence-electron chi connectivity index (χ4n) is 2.25. The lowest BCUT2D eigenvalue weighted by molar-refractivity contribution is -0.0155. The van der Waals surface area contributed by atoms with Crippen LogP contribution in [0.4, 0.5) is 0 Å². The van der Waals surface area contributed by atoms with Crippen LogP contribution in [0.15, 0.2) is 0 Å². The van der Waals surface area contributed by atoms with E-state index in [0.717, 1.165) is 13.0 Å². The summed E-state index contributed by atoms with van der Waals surface area (Å²) in [4.78, 5) is 0. The van der Waals surface area contributed by atoms with Crippen LogP contribution in [0.5, 0.6) is 0 Å². The number of unbranched alkanes of at least 4 members (excludes halogenated alkanes) is 5. The van der Waals surface area contributed by atoms with Crippen LogP contribution in [0.25, 0.3) is 0 Å². The Bertz CT molecular complexity index is 185. The number of ether oxygens (including phenoxy) is 3. The van der Waals surface area contributed by atoms with Gasteiger partial charge in [0.1, 0.15) is 0 Å². The molecule has 0 N–H and O–H groups in total. The van der Waals surface area contributed by atoms with Gasteiger partial charge in [0.25, 0.3) is 0 Å². The largest absolute Gasteiger partial charge is 0.379 e. The van der Waals surface area contributed by atoms with Crippen molar-refractivity contribution in [1.29, 1.82) is 0 Å². The minimum Gasteiger partial charge on any atom is -0.379 e. The van der Waals surface area contributed by atoms with Crippen molar-refractivity contribution in [2.24, 2.45) is 0 Å². The SMILES string of the molecule is CCCCCCOCCOCCOC(CC)CCCCC. The van der Waals surface area contributed by atoms with Crippen LogP contribution in [0.1, 0.15) is 78.6 Å². The van der Waals surface area contributed by atoms with Crippen molar-refractivity contribution in [3.63, 3.8) is 0 Å². The van der Waals surface area contributed by atoms with Crippen LogP contribution in [-0.4, -0.2) is 39.1 Å². The van der Waals surface area contributed by atoms with Crippen molar-refractivity contribution in [2.45, 2.75) is 84.7 Å². The molecule has 0 radical (unpaired) electrons. The number of rotatable bonds is 17. The average molecular weight is 302 g/mol. The van der Waals surface area contributed by atoms with Crippen LogP contribution < -0.4 is 0 Å². The van der Waals surface area contributed by atoms with Gasteiger partial charge in [-0.05, 0) is 19.3 Å². The summed E-state index contributed by atoms with van der Waals surface area (Å²) in [5.41, 5.74) is 0. The molecule has 3 nitrogen and oxygen atoms in total. The minimum absolute atomic E-state index is 0.412. The van der Waals surface area contributed by atoms with E-state index in [1.54, 1.807) is 0 Å². The molecule has 0 fully saturated rings. The highest BCUT2D eigenvalue weighted by Crippen LogP contribution is 2.09. The molecule has 0 aliphatic rings. The van der Waals surface area contributed by atoms with E-state index >= 15 is 0 Å². The summed E-state index contributed by atoms with van der Waals surface area (Å²) in [6.45, 7) is 10.3. The van der Waals surface area contributed by atoms with Crippen LogP contribution in [-0.2, 0) is 14.2 Å². The van der Waals surface area contributed by atoms with Crippen molar-refractivity contribution in [3.8, 4) is 0 Å². The van der Waals surface area contributed by atoms with E-state index in [4.69, 9.17) is 14.2 Å². The maximum atomic E-state index is 5.84. The van der Waals surface area contributed by atoms with Crippen molar-refractivity contribution in [2.75, 3.05) is 33.0 Å². The molecule has 21 heavy (non-hydrogen) atoms. The Kier molecular flexibility index (Phi) is 17.8. The summed E-state index contributed by atoms with van der Waals surface area (Å²) in [5.74, 6) is 0. The Morgan fingerprint density at radius 3 is 1.90 bits per heavy atom. The standard InChI is InChI=1S/C18H38O3/c1-4-7-9-11-13-19-14-15-20-16-17-21-18(6-3)12-10-8-5-2/h18H,4-17H2,1-3H3. The van der Waals surface area contributed by atoms with Gasteiger partial charge in [0.15, 0.2) is 0 Å². The summed E-state index contributed by atoms with van der Waals surface area (Å²) < 4.78 is 16.9. The second kappa shape index (κ2) is 17.9. The van der Waals surface area contributed by atoms with Gasteiger partial charge in [-0.25, -0.2) is 0 Å². The first-order chi connectivity index (χ1) is 10.3. The summed E-state index contributed by atoms with van der Waals surface area (Å²) in [7, 11) is 0. The van der Waals surface area contributed by atoms with Gasteiger partial charge in [-0.3, -0.25) is 0 Å². The van der Waals surface area contributed by atoms with Gasteiger partial charge < -0.3 is 14.2 Å². The molecule has 0 aliphatic carbocycles. The fourth-order valence-corrected chi connectivity index (χ4v) is 2.25. The van der Waals surface area contributed by atoms with Gasteiger partial charge in [-0.15, -0.1) is 0 Å². The summed E-state index contributed by atoms with van der Waals surface area (Å²) in [5, 5.41) is 0. The van der Waals surface area contributed by atoms with E-state index in [9.17, 15) is 0 Å². The molecule has 0 amide bonds. The summed E-state index contributed by atoms with van der Waals surface area (Å²) in [6, 6.07) is 0. The second-order valence-corrected chi connectivity index (χ2v) is 5.68. The molecule has 1 atom stereocenters. The van der Waals surface area contributed by atoms with E-state index < -0.39 is 0 Å². The normalized spacial score (nSPS) is 12.7. The maximum Gasteiger partial charge on any atom is 0.0704 e. The van der Waals surface area contributed by atoms with E-state index in [1.165, 1.54) is 51.4 Å². The third kappa shape index (κ3) is 16.1. The highest BCUT2D eigenvalue weighted by Gasteiger charge is 2.05. The van der Waals surface area contributed by atoms with E-state index in [2.05, 4.69) is 20.8 Å². The highest BCUT2D eigenvalue weighted by molar-refractivity contribution is 4.55. The molecule has 3 heteroatoms. The van der Waals surface area contributed by atoms with Crippen LogP contribution in [0.3, 0.4) is 0 Å². The monoisotopic (exact) mass is 302 g/mol. The van der Waals surface area contributed by atoms with Gasteiger partial charge in [0, 0.05) is 6.61 Å². The molecule has 0 aliphatic heterocycles. The fraction of sp³-hybridized carbons (Fsp3) is 1.00. The van der Waals surface area contributed by atoms with Gasteiger partial charge in [0.2, 0.25) is 0 Å².